The van der Waals surface area contributed by atoms with Gasteiger partial charge in [0.1, 0.15) is 0 Å². The van der Waals surface area contributed by atoms with Crippen LogP contribution >= 0.6 is 0 Å². The molecule has 0 radical (unpaired) electrons. The van der Waals surface area contributed by atoms with E-state index in [1.54, 1.807) is 18.2 Å². The third-order valence-corrected chi connectivity index (χ3v) is 3.38. The van der Waals surface area contributed by atoms with Crippen LogP contribution in [-0.4, -0.2) is 17.8 Å². The summed E-state index contributed by atoms with van der Waals surface area (Å²) in [6.07, 6.45) is 0. The molecule has 0 bridgehead atoms. The Hall–Kier alpha value is -3.35. The first-order valence-electron chi connectivity index (χ1n) is 7.75. The highest BCUT2D eigenvalue weighted by Crippen LogP contribution is 2.11. The van der Waals surface area contributed by atoms with E-state index in [4.69, 9.17) is 0 Å². The Kier molecular flexibility index (Phi) is 6.11. The summed E-state index contributed by atoms with van der Waals surface area (Å²) in [7, 11) is 0. The third-order valence-electron chi connectivity index (χ3n) is 3.38. The number of hydrazine groups is 1. The standard InChI is InChI=1S/C18H20N4O3/c1-12(14-7-4-3-5-8-14)19-18(25)22-21-17(24)15-9-6-10-16(11-15)20-13(2)23/h3-12H,1-2H3,(H,20,23)(H,21,24)(H2,19,22,25). The Labute approximate surface area is 145 Å². The van der Waals surface area contributed by atoms with Crippen molar-refractivity contribution < 1.29 is 14.4 Å². The van der Waals surface area contributed by atoms with Crippen LogP contribution in [0.15, 0.2) is 54.6 Å². The fourth-order valence-electron chi connectivity index (χ4n) is 2.18. The summed E-state index contributed by atoms with van der Waals surface area (Å²) in [5.74, 6) is -0.723. The zero-order valence-electron chi connectivity index (χ0n) is 14.0. The number of amides is 4. The van der Waals surface area contributed by atoms with Crippen LogP contribution in [0.1, 0.15) is 35.8 Å². The second kappa shape index (κ2) is 8.49. The maximum Gasteiger partial charge on any atom is 0.333 e. The van der Waals surface area contributed by atoms with Gasteiger partial charge >= 0.3 is 6.03 Å². The van der Waals surface area contributed by atoms with E-state index in [2.05, 4.69) is 21.5 Å². The van der Waals surface area contributed by atoms with Gasteiger partial charge in [0.15, 0.2) is 0 Å². The first kappa shape index (κ1) is 18.0. The molecular formula is C18H20N4O3. The molecule has 0 saturated heterocycles. The molecule has 25 heavy (non-hydrogen) atoms. The minimum Gasteiger partial charge on any atom is -0.330 e. The van der Waals surface area contributed by atoms with Crippen molar-refractivity contribution in [2.24, 2.45) is 0 Å². The summed E-state index contributed by atoms with van der Waals surface area (Å²) < 4.78 is 0. The Bertz CT molecular complexity index is 762. The number of benzene rings is 2. The van der Waals surface area contributed by atoms with E-state index >= 15 is 0 Å². The number of carbonyl (C=O) groups excluding carboxylic acids is 3. The zero-order chi connectivity index (χ0) is 18.2. The molecule has 1 atom stereocenters. The Balaban J connectivity index is 1.87. The predicted octanol–water partition coefficient (Wildman–Crippen LogP) is 2.35. The molecule has 1 unspecified atom stereocenters. The van der Waals surface area contributed by atoms with Gasteiger partial charge in [0.05, 0.1) is 6.04 Å². The molecule has 0 spiro atoms. The van der Waals surface area contributed by atoms with E-state index < -0.39 is 11.9 Å². The number of rotatable bonds is 4. The zero-order valence-corrected chi connectivity index (χ0v) is 14.0. The molecule has 0 aliphatic carbocycles. The number of urea groups is 1. The van der Waals surface area contributed by atoms with Crippen molar-refractivity contribution in [3.05, 3.63) is 65.7 Å². The summed E-state index contributed by atoms with van der Waals surface area (Å²) in [5, 5.41) is 5.31. The van der Waals surface area contributed by atoms with Gasteiger partial charge in [-0.05, 0) is 30.7 Å². The second-order valence-electron chi connectivity index (χ2n) is 5.45. The van der Waals surface area contributed by atoms with E-state index in [9.17, 15) is 14.4 Å². The molecule has 4 amide bonds. The molecule has 2 aromatic rings. The molecule has 0 fully saturated rings. The number of hydrogen-bond donors (Lipinski definition) is 4. The van der Waals surface area contributed by atoms with Gasteiger partial charge in [-0.3, -0.25) is 15.0 Å². The van der Waals surface area contributed by atoms with Gasteiger partial charge in [-0.2, -0.15) is 0 Å². The number of hydrogen-bond acceptors (Lipinski definition) is 3. The summed E-state index contributed by atoms with van der Waals surface area (Å²) in [6, 6.07) is 15.1. The van der Waals surface area contributed by atoms with Crippen molar-refractivity contribution in [3.8, 4) is 0 Å². The van der Waals surface area contributed by atoms with Crippen LogP contribution in [0.5, 0.6) is 0 Å². The molecule has 4 N–H and O–H groups in total. The fraction of sp³-hybridized carbons (Fsp3) is 0.167. The van der Waals surface area contributed by atoms with Crippen LogP contribution in [0.3, 0.4) is 0 Å². The summed E-state index contributed by atoms with van der Waals surface area (Å²) >= 11 is 0. The quantitative estimate of drug-likeness (QED) is 0.643. The molecule has 0 aromatic heterocycles. The lowest BCUT2D eigenvalue weighted by atomic mass is 10.1. The fourth-order valence-corrected chi connectivity index (χ4v) is 2.18. The van der Waals surface area contributed by atoms with Crippen LogP contribution < -0.4 is 21.5 Å². The van der Waals surface area contributed by atoms with E-state index in [0.717, 1.165) is 5.56 Å². The molecule has 0 aliphatic rings. The summed E-state index contributed by atoms with van der Waals surface area (Å²) in [6.45, 7) is 3.22. The van der Waals surface area contributed by atoms with Crippen molar-refractivity contribution in [1.82, 2.24) is 16.2 Å². The SMILES string of the molecule is CC(=O)Nc1cccc(C(=O)NNC(=O)NC(C)c2ccccc2)c1. The minimum atomic E-state index is -0.525. The van der Waals surface area contributed by atoms with Crippen LogP contribution in [0.25, 0.3) is 0 Å². The topological polar surface area (TPSA) is 99.3 Å². The highest BCUT2D eigenvalue weighted by Gasteiger charge is 2.11. The summed E-state index contributed by atoms with van der Waals surface area (Å²) in [4.78, 5) is 35.0. The smallest absolute Gasteiger partial charge is 0.330 e. The number of nitrogens with one attached hydrogen (secondary N) is 4. The van der Waals surface area contributed by atoms with Crippen LogP contribution in [0.2, 0.25) is 0 Å². The van der Waals surface area contributed by atoms with Crippen molar-refractivity contribution in [1.29, 1.82) is 0 Å². The molecule has 7 heteroatoms. The molecule has 7 nitrogen and oxygen atoms in total. The van der Waals surface area contributed by atoms with Gasteiger partial charge in [-0.1, -0.05) is 36.4 Å². The molecule has 0 saturated carbocycles. The highest BCUT2D eigenvalue weighted by atomic mass is 16.2. The molecule has 0 aliphatic heterocycles. The van der Waals surface area contributed by atoms with Crippen molar-refractivity contribution >= 4 is 23.5 Å². The first-order chi connectivity index (χ1) is 12.0. The average Bonchev–Trinajstić information content (AvgIpc) is 2.60. The van der Waals surface area contributed by atoms with Gasteiger partial charge in [0, 0.05) is 18.2 Å². The predicted molar refractivity (Wildman–Crippen MR) is 94.7 cm³/mol. The number of carbonyl (C=O) groups is 3. The minimum absolute atomic E-state index is 0.207. The van der Waals surface area contributed by atoms with E-state index in [1.807, 2.05) is 37.3 Å². The largest absolute Gasteiger partial charge is 0.333 e. The maximum absolute atomic E-state index is 12.1. The first-order valence-corrected chi connectivity index (χ1v) is 7.75. The van der Waals surface area contributed by atoms with Crippen LogP contribution in [0, 0.1) is 0 Å². The lowest BCUT2D eigenvalue weighted by molar-refractivity contribution is -0.114. The van der Waals surface area contributed by atoms with Crippen LogP contribution in [0.4, 0.5) is 10.5 Å². The van der Waals surface area contributed by atoms with E-state index in [1.165, 1.54) is 13.0 Å². The lowest BCUT2D eigenvalue weighted by Crippen LogP contribution is -2.47. The maximum atomic E-state index is 12.1. The van der Waals surface area contributed by atoms with Crippen LogP contribution in [-0.2, 0) is 4.79 Å². The second-order valence-corrected chi connectivity index (χ2v) is 5.45. The van der Waals surface area contributed by atoms with E-state index in [0.29, 0.717) is 11.3 Å². The van der Waals surface area contributed by atoms with Gasteiger partial charge < -0.3 is 10.6 Å². The molecule has 0 heterocycles. The number of anilines is 1. The summed E-state index contributed by atoms with van der Waals surface area (Å²) in [5.41, 5.74) is 6.39. The van der Waals surface area contributed by atoms with Gasteiger partial charge in [0.2, 0.25) is 5.91 Å². The Morgan fingerprint density at radius 3 is 2.32 bits per heavy atom. The average molecular weight is 340 g/mol. The molecular weight excluding hydrogens is 320 g/mol. The van der Waals surface area contributed by atoms with Crippen molar-refractivity contribution in [2.75, 3.05) is 5.32 Å². The molecule has 2 rings (SSSR count). The monoisotopic (exact) mass is 340 g/mol. The molecule has 130 valence electrons. The Morgan fingerprint density at radius 1 is 0.920 bits per heavy atom. The van der Waals surface area contributed by atoms with E-state index in [-0.39, 0.29) is 11.9 Å². The van der Waals surface area contributed by atoms with Gasteiger partial charge in [-0.25, -0.2) is 10.2 Å². The Morgan fingerprint density at radius 2 is 1.64 bits per heavy atom. The normalized spacial score (nSPS) is 11.1. The third kappa shape index (κ3) is 5.65. The van der Waals surface area contributed by atoms with Crippen molar-refractivity contribution in [2.45, 2.75) is 19.9 Å². The van der Waals surface area contributed by atoms with Crippen molar-refractivity contribution in [3.63, 3.8) is 0 Å². The van der Waals surface area contributed by atoms with Gasteiger partial charge in [-0.15, -0.1) is 0 Å². The van der Waals surface area contributed by atoms with Gasteiger partial charge in [0.25, 0.3) is 5.91 Å². The molecule has 2 aromatic carbocycles. The highest BCUT2D eigenvalue weighted by molar-refractivity contribution is 5.97. The lowest BCUT2D eigenvalue weighted by Gasteiger charge is -2.15.